The van der Waals surface area contributed by atoms with E-state index in [0.29, 0.717) is 16.1 Å². The van der Waals surface area contributed by atoms with Crippen molar-refractivity contribution in [3.63, 3.8) is 0 Å². The molecule has 190 valence electrons. The molecule has 0 unspecified atom stereocenters. The Morgan fingerprint density at radius 3 is 2.24 bits per heavy atom. The number of fused-ring (bicyclic) bond motifs is 1. The maximum Gasteiger partial charge on any atom is 0.329 e. The molecule has 0 spiro atoms. The number of hydrogen-bond acceptors (Lipinski definition) is 4. The molecule has 7 heteroatoms. The first-order chi connectivity index (χ1) is 17.6. The number of benzene rings is 3. The summed E-state index contributed by atoms with van der Waals surface area (Å²) in [5.74, 6) is -1.45. The zero-order chi connectivity index (χ0) is 26.6. The third-order valence-electron chi connectivity index (χ3n) is 6.21. The van der Waals surface area contributed by atoms with Gasteiger partial charge >= 0.3 is 5.97 Å². The number of carbonyl (C=O) groups is 3. The van der Waals surface area contributed by atoms with Crippen LogP contribution in [-0.4, -0.2) is 35.3 Å². The van der Waals surface area contributed by atoms with Crippen molar-refractivity contribution in [1.29, 1.82) is 0 Å². The number of aromatic amines is 1. The van der Waals surface area contributed by atoms with E-state index in [0.717, 1.165) is 22.0 Å². The molecule has 2 N–H and O–H groups in total. The highest BCUT2D eigenvalue weighted by Crippen LogP contribution is 2.23. The first kappa shape index (κ1) is 26.2. The smallest absolute Gasteiger partial charge is 0.329 e. The third-order valence-corrected chi connectivity index (χ3v) is 6.47. The summed E-state index contributed by atoms with van der Waals surface area (Å²) in [6.45, 7) is 5.85. The van der Waals surface area contributed by atoms with E-state index in [1.807, 2.05) is 42.6 Å². The molecule has 1 aromatic heterocycles. The van der Waals surface area contributed by atoms with Crippen LogP contribution in [0.25, 0.3) is 10.9 Å². The van der Waals surface area contributed by atoms with Gasteiger partial charge in [-0.2, -0.15) is 0 Å². The molecular weight excluding hydrogens is 488 g/mol. The van der Waals surface area contributed by atoms with Crippen molar-refractivity contribution in [2.75, 3.05) is 6.61 Å². The van der Waals surface area contributed by atoms with E-state index < -0.39 is 24.5 Å². The first-order valence-electron chi connectivity index (χ1n) is 12.0. The predicted molar refractivity (Wildman–Crippen MR) is 145 cm³/mol. The highest BCUT2D eigenvalue weighted by molar-refractivity contribution is 6.30. The van der Waals surface area contributed by atoms with Gasteiger partial charge in [-0.05, 0) is 59.0 Å². The number of aromatic nitrogens is 1. The van der Waals surface area contributed by atoms with Crippen LogP contribution in [0.2, 0.25) is 5.02 Å². The van der Waals surface area contributed by atoms with Gasteiger partial charge in [0.05, 0.1) is 0 Å². The van der Waals surface area contributed by atoms with Gasteiger partial charge in [0, 0.05) is 39.7 Å². The molecule has 6 nitrogen and oxygen atoms in total. The Hall–Kier alpha value is -3.90. The van der Waals surface area contributed by atoms with Crippen LogP contribution in [0.3, 0.4) is 0 Å². The monoisotopic (exact) mass is 516 g/mol. The summed E-state index contributed by atoms with van der Waals surface area (Å²) in [7, 11) is 0. The second-order valence-electron chi connectivity index (χ2n) is 9.95. The van der Waals surface area contributed by atoms with Crippen LogP contribution in [0.4, 0.5) is 0 Å². The highest BCUT2D eigenvalue weighted by atomic mass is 35.5. The number of hydrogen-bond donors (Lipinski definition) is 2. The van der Waals surface area contributed by atoms with Crippen LogP contribution >= 0.6 is 11.6 Å². The van der Waals surface area contributed by atoms with Crippen LogP contribution in [0.15, 0.2) is 79.0 Å². The van der Waals surface area contributed by atoms with E-state index in [1.54, 1.807) is 36.4 Å². The average Bonchev–Trinajstić information content (AvgIpc) is 3.29. The molecule has 0 aliphatic heterocycles. The lowest BCUT2D eigenvalue weighted by atomic mass is 9.86. The van der Waals surface area contributed by atoms with E-state index in [1.165, 1.54) is 0 Å². The molecule has 0 aliphatic carbocycles. The van der Waals surface area contributed by atoms with Crippen LogP contribution in [0.1, 0.15) is 52.6 Å². The molecule has 1 amide bonds. The largest absolute Gasteiger partial charge is 0.456 e. The van der Waals surface area contributed by atoms with Crippen LogP contribution in [0.5, 0.6) is 0 Å². The number of Topliss-reactive ketones (excluding diaryl/α,β-unsaturated/α-hetero) is 1. The van der Waals surface area contributed by atoms with Gasteiger partial charge in [-0.3, -0.25) is 9.59 Å². The second kappa shape index (κ2) is 11.0. The number of rotatable bonds is 8. The van der Waals surface area contributed by atoms with Gasteiger partial charge in [0.25, 0.3) is 5.91 Å². The lowest BCUT2D eigenvalue weighted by Gasteiger charge is -2.20. The normalized spacial score (nSPS) is 12.2. The summed E-state index contributed by atoms with van der Waals surface area (Å²) >= 11 is 5.88. The summed E-state index contributed by atoms with van der Waals surface area (Å²) in [6, 6.07) is 20.4. The van der Waals surface area contributed by atoms with Gasteiger partial charge in [-0.15, -0.1) is 0 Å². The number of halogens is 1. The number of carbonyl (C=O) groups excluding carboxylic acids is 3. The van der Waals surface area contributed by atoms with E-state index in [4.69, 9.17) is 16.3 Å². The quantitative estimate of drug-likeness (QED) is 0.226. The predicted octanol–water partition coefficient (Wildman–Crippen LogP) is 5.89. The van der Waals surface area contributed by atoms with Crippen LogP contribution in [0, 0.1) is 0 Å². The molecule has 0 fully saturated rings. The lowest BCUT2D eigenvalue weighted by molar-refractivity contribution is -0.144. The van der Waals surface area contributed by atoms with E-state index in [-0.39, 0.29) is 17.6 Å². The Bertz CT molecular complexity index is 1420. The van der Waals surface area contributed by atoms with Crippen molar-refractivity contribution < 1.29 is 19.1 Å². The Morgan fingerprint density at radius 2 is 1.57 bits per heavy atom. The number of amides is 1. The zero-order valence-corrected chi connectivity index (χ0v) is 21.8. The second-order valence-corrected chi connectivity index (χ2v) is 10.4. The maximum absolute atomic E-state index is 13.1. The molecule has 0 radical (unpaired) electrons. The molecule has 4 aromatic rings. The summed E-state index contributed by atoms with van der Waals surface area (Å²) in [5.41, 5.74) is 3.64. The van der Waals surface area contributed by atoms with Gasteiger partial charge in [-0.25, -0.2) is 4.79 Å². The van der Waals surface area contributed by atoms with Crippen molar-refractivity contribution in [3.8, 4) is 0 Å². The van der Waals surface area contributed by atoms with Gasteiger partial charge < -0.3 is 15.0 Å². The molecular formula is C30H29ClN2O4. The fraction of sp³-hybridized carbons (Fsp3) is 0.233. The Balaban J connectivity index is 1.52. The SMILES string of the molecule is CC(C)(C)c1ccc(C(=O)N[C@H](Cc2c[nH]c3ccccc23)C(=O)OCC(=O)c2ccc(Cl)cc2)cc1. The lowest BCUT2D eigenvalue weighted by Crippen LogP contribution is -2.43. The van der Waals surface area contributed by atoms with E-state index in [9.17, 15) is 14.4 Å². The Kier molecular flexibility index (Phi) is 7.79. The molecule has 0 saturated carbocycles. The summed E-state index contributed by atoms with van der Waals surface area (Å²) in [6.07, 6.45) is 2.01. The number of esters is 1. The highest BCUT2D eigenvalue weighted by Gasteiger charge is 2.26. The van der Waals surface area contributed by atoms with E-state index >= 15 is 0 Å². The topological polar surface area (TPSA) is 88.3 Å². The standard InChI is InChI=1S/C30H29ClN2O4/c1-30(2,3)22-12-8-20(9-13-22)28(35)33-26(16-21-17-32-25-7-5-4-6-24(21)25)29(36)37-18-27(34)19-10-14-23(31)15-11-19/h4-15,17,26,32H,16,18H2,1-3H3,(H,33,35)/t26-/m1/s1. The van der Waals surface area contributed by atoms with Gasteiger partial charge in [0.15, 0.2) is 12.4 Å². The van der Waals surface area contributed by atoms with Crippen molar-refractivity contribution in [1.82, 2.24) is 10.3 Å². The third kappa shape index (κ3) is 6.46. The minimum absolute atomic E-state index is 0.0483. The molecule has 0 aliphatic rings. The number of ketones is 1. The maximum atomic E-state index is 13.1. The minimum Gasteiger partial charge on any atom is -0.456 e. The van der Waals surface area contributed by atoms with Crippen LogP contribution < -0.4 is 5.32 Å². The summed E-state index contributed by atoms with van der Waals surface area (Å²) < 4.78 is 5.37. The fourth-order valence-corrected chi connectivity index (χ4v) is 4.16. The number of nitrogens with one attached hydrogen (secondary N) is 2. The summed E-state index contributed by atoms with van der Waals surface area (Å²) in [4.78, 5) is 41.9. The molecule has 37 heavy (non-hydrogen) atoms. The van der Waals surface area contributed by atoms with Gasteiger partial charge in [0.1, 0.15) is 6.04 Å². The van der Waals surface area contributed by atoms with Crippen molar-refractivity contribution in [2.24, 2.45) is 0 Å². The molecule has 3 aromatic carbocycles. The Morgan fingerprint density at radius 1 is 0.919 bits per heavy atom. The number of H-pyrrole nitrogens is 1. The number of ether oxygens (including phenoxy) is 1. The van der Waals surface area contributed by atoms with Gasteiger partial charge in [0.2, 0.25) is 0 Å². The van der Waals surface area contributed by atoms with Gasteiger partial charge in [-0.1, -0.05) is 62.7 Å². The molecule has 1 atom stereocenters. The number of para-hydroxylation sites is 1. The van der Waals surface area contributed by atoms with Crippen molar-refractivity contribution in [3.05, 3.63) is 106 Å². The summed E-state index contributed by atoms with van der Waals surface area (Å²) in [5, 5.41) is 4.26. The van der Waals surface area contributed by atoms with Crippen molar-refractivity contribution >= 4 is 40.2 Å². The van der Waals surface area contributed by atoms with E-state index in [2.05, 4.69) is 31.1 Å². The molecule has 4 rings (SSSR count). The minimum atomic E-state index is -0.994. The molecule has 0 saturated heterocycles. The first-order valence-corrected chi connectivity index (χ1v) is 12.4. The van der Waals surface area contributed by atoms with Crippen molar-refractivity contribution in [2.45, 2.75) is 38.6 Å². The van der Waals surface area contributed by atoms with Crippen LogP contribution in [-0.2, 0) is 21.4 Å². The fourth-order valence-electron chi connectivity index (χ4n) is 4.03. The molecule has 1 heterocycles. The average molecular weight is 517 g/mol. The zero-order valence-electron chi connectivity index (χ0n) is 21.0. The molecule has 0 bridgehead atoms. The Labute approximate surface area is 221 Å².